The van der Waals surface area contributed by atoms with Crippen molar-refractivity contribution in [2.75, 3.05) is 19.8 Å². The van der Waals surface area contributed by atoms with E-state index in [0.717, 1.165) is 56.4 Å². The fourth-order valence-electron chi connectivity index (χ4n) is 7.09. The number of nitrogens with zero attached hydrogens (tertiary/aromatic N) is 3. The summed E-state index contributed by atoms with van der Waals surface area (Å²) >= 11 is 0. The Morgan fingerprint density at radius 2 is 1.97 bits per heavy atom. The first-order valence-corrected chi connectivity index (χ1v) is 11.7. The third-order valence-corrected chi connectivity index (χ3v) is 8.10. The fourth-order valence-corrected chi connectivity index (χ4v) is 7.09. The van der Waals surface area contributed by atoms with Gasteiger partial charge in [0, 0.05) is 25.2 Å². The van der Waals surface area contributed by atoms with Gasteiger partial charge in [-0.25, -0.2) is 4.99 Å². The molecule has 6 heteroatoms. The number of aliphatic imine (C=N–C) groups is 1. The van der Waals surface area contributed by atoms with Crippen LogP contribution in [0.4, 0.5) is 0 Å². The summed E-state index contributed by atoms with van der Waals surface area (Å²) in [5.74, 6) is 1.80. The van der Waals surface area contributed by atoms with Crippen molar-refractivity contribution in [1.82, 2.24) is 4.90 Å². The van der Waals surface area contributed by atoms with Gasteiger partial charge >= 0.3 is 0 Å². The highest BCUT2D eigenvalue weighted by molar-refractivity contribution is 6.08. The van der Waals surface area contributed by atoms with Gasteiger partial charge in [0.15, 0.2) is 11.5 Å². The lowest BCUT2D eigenvalue weighted by molar-refractivity contribution is -0.139. The van der Waals surface area contributed by atoms with E-state index < -0.39 is 5.54 Å². The average molecular weight is 421 g/mol. The minimum atomic E-state index is -0.993. The van der Waals surface area contributed by atoms with Gasteiger partial charge < -0.3 is 10.5 Å². The molecule has 2 aliphatic heterocycles. The molecule has 164 valence electrons. The van der Waals surface area contributed by atoms with Gasteiger partial charge in [0.1, 0.15) is 0 Å². The number of nitriles is 1. The summed E-state index contributed by atoms with van der Waals surface area (Å²) in [5, 5.41) is 9.55. The second-order valence-corrected chi connectivity index (χ2v) is 10.4. The topological polar surface area (TPSA) is 91.7 Å². The molecule has 2 fully saturated rings. The molecular formula is C25H32N4O2. The Morgan fingerprint density at radius 1 is 1.26 bits per heavy atom. The molecule has 1 saturated carbocycles. The number of nitrogens with two attached hydrogens (primary N) is 1. The Bertz CT molecular complexity index is 964. The van der Waals surface area contributed by atoms with Crippen LogP contribution >= 0.6 is 0 Å². The van der Waals surface area contributed by atoms with Gasteiger partial charge in [-0.1, -0.05) is 19.9 Å². The highest BCUT2D eigenvalue weighted by Gasteiger charge is 2.67. The summed E-state index contributed by atoms with van der Waals surface area (Å²) in [6.07, 6.45) is 5.81. The van der Waals surface area contributed by atoms with E-state index in [-0.39, 0.29) is 11.3 Å². The van der Waals surface area contributed by atoms with Crippen molar-refractivity contribution in [2.24, 2.45) is 33.9 Å². The molecule has 2 spiro atoms. The van der Waals surface area contributed by atoms with Crippen LogP contribution in [0.15, 0.2) is 23.2 Å². The molecule has 2 aliphatic carbocycles. The second kappa shape index (κ2) is 7.34. The zero-order valence-electron chi connectivity index (χ0n) is 18.6. The molecule has 0 radical (unpaired) electrons. The number of carbonyl (C=O) groups excluding carboxylic acids is 1. The number of guanidine groups is 1. The van der Waals surface area contributed by atoms with Crippen molar-refractivity contribution in [1.29, 1.82) is 5.26 Å². The molecule has 6 nitrogen and oxygen atoms in total. The lowest BCUT2D eigenvalue weighted by Gasteiger charge is -2.47. The Morgan fingerprint density at radius 3 is 2.65 bits per heavy atom. The van der Waals surface area contributed by atoms with Gasteiger partial charge in [-0.05, 0) is 79.5 Å². The fraction of sp³-hybridized carbons (Fsp3) is 0.640. The minimum absolute atomic E-state index is 0.0200. The third-order valence-electron chi connectivity index (χ3n) is 8.10. The van der Waals surface area contributed by atoms with E-state index in [1.165, 1.54) is 6.42 Å². The zero-order valence-corrected chi connectivity index (χ0v) is 18.6. The maximum atomic E-state index is 14.3. The van der Waals surface area contributed by atoms with Crippen LogP contribution in [0, 0.1) is 34.5 Å². The second-order valence-electron chi connectivity index (χ2n) is 10.4. The van der Waals surface area contributed by atoms with Gasteiger partial charge in [-0.3, -0.25) is 9.69 Å². The lowest BCUT2D eigenvalue weighted by Crippen LogP contribution is -2.53. The summed E-state index contributed by atoms with van der Waals surface area (Å²) in [4.78, 5) is 21.1. The van der Waals surface area contributed by atoms with E-state index in [0.29, 0.717) is 35.8 Å². The van der Waals surface area contributed by atoms with Crippen LogP contribution in [0.25, 0.3) is 0 Å². The highest BCUT2D eigenvalue weighted by atomic mass is 16.5. The van der Waals surface area contributed by atoms with Crippen LogP contribution in [0.3, 0.4) is 0 Å². The molecule has 1 aromatic carbocycles. The average Bonchev–Trinajstić information content (AvgIpc) is 3.14. The van der Waals surface area contributed by atoms with Crippen LogP contribution in [0.1, 0.15) is 62.6 Å². The molecule has 1 aromatic rings. The van der Waals surface area contributed by atoms with Crippen molar-refractivity contribution in [3.8, 4) is 6.07 Å². The Labute approximate surface area is 184 Å². The van der Waals surface area contributed by atoms with E-state index in [1.807, 2.05) is 18.2 Å². The Kier molecular flexibility index (Phi) is 4.86. The SMILES string of the molecule is CC1CC(C)CC2(Cc3ccc(C#N)cc3C23N=C(N)N(CC2CCOCC2)C3=O)C1. The molecule has 31 heavy (non-hydrogen) atoms. The molecule has 0 aromatic heterocycles. The number of rotatable bonds is 2. The molecule has 1 amide bonds. The van der Waals surface area contributed by atoms with Crippen molar-refractivity contribution in [3.05, 3.63) is 34.9 Å². The largest absolute Gasteiger partial charge is 0.381 e. The summed E-state index contributed by atoms with van der Waals surface area (Å²) < 4.78 is 5.50. The summed E-state index contributed by atoms with van der Waals surface area (Å²) in [5.41, 5.74) is 7.87. The molecule has 2 N–H and O–H groups in total. The van der Waals surface area contributed by atoms with Crippen LogP contribution in [0.2, 0.25) is 0 Å². The monoisotopic (exact) mass is 420 g/mol. The smallest absolute Gasteiger partial charge is 0.262 e. The van der Waals surface area contributed by atoms with Crippen LogP contribution in [-0.2, 0) is 21.5 Å². The van der Waals surface area contributed by atoms with Crippen molar-refractivity contribution in [2.45, 2.75) is 57.9 Å². The molecular weight excluding hydrogens is 388 g/mol. The zero-order chi connectivity index (χ0) is 21.8. The maximum absolute atomic E-state index is 14.3. The highest BCUT2D eigenvalue weighted by Crippen LogP contribution is 2.63. The predicted molar refractivity (Wildman–Crippen MR) is 118 cm³/mol. The predicted octanol–water partition coefficient (Wildman–Crippen LogP) is 3.34. The number of ether oxygens (including phenoxy) is 1. The van der Waals surface area contributed by atoms with Crippen LogP contribution in [-0.4, -0.2) is 36.5 Å². The summed E-state index contributed by atoms with van der Waals surface area (Å²) in [7, 11) is 0. The molecule has 1 saturated heterocycles. The number of hydrogen-bond acceptors (Lipinski definition) is 5. The van der Waals surface area contributed by atoms with E-state index in [1.54, 1.807) is 4.90 Å². The minimum Gasteiger partial charge on any atom is -0.381 e. The summed E-state index contributed by atoms with van der Waals surface area (Å²) in [6, 6.07) is 8.06. The van der Waals surface area contributed by atoms with E-state index in [9.17, 15) is 10.1 Å². The van der Waals surface area contributed by atoms with Gasteiger partial charge in [0.05, 0.1) is 11.6 Å². The quantitative estimate of drug-likeness (QED) is 0.794. The maximum Gasteiger partial charge on any atom is 0.262 e. The Hall–Kier alpha value is -2.39. The first kappa shape index (κ1) is 20.5. The van der Waals surface area contributed by atoms with Gasteiger partial charge in [-0.2, -0.15) is 5.26 Å². The normalized spacial score (nSPS) is 35.5. The third kappa shape index (κ3) is 3.01. The first-order valence-electron chi connectivity index (χ1n) is 11.7. The summed E-state index contributed by atoms with van der Waals surface area (Å²) in [6.45, 7) is 6.67. The van der Waals surface area contributed by atoms with E-state index >= 15 is 0 Å². The molecule has 3 atom stereocenters. The molecule has 0 bridgehead atoms. The lowest BCUT2D eigenvalue weighted by atomic mass is 9.57. The van der Waals surface area contributed by atoms with Gasteiger partial charge in [0.2, 0.25) is 0 Å². The first-order chi connectivity index (χ1) is 14.9. The number of carbonyl (C=O) groups is 1. The number of fused-ring (bicyclic) bond motifs is 3. The molecule has 2 heterocycles. The molecule has 5 rings (SSSR count). The van der Waals surface area contributed by atoms with Crippen molar-refractivity contribution in [3.63, 3.8) is 0 Å². The number of amides is 1. The number of hydrogen-bond donors (Lipinski definition) is 1. The molecule has 3 unspecified atom stereocenters. The van der Waals surface area contributed by atoms with Crippen LogP contribution < -0.4 is 5.73 Å². The van der Waals surface area contributed by atoms with Gasteiger partial charge in [-0.15, -0.1) is 0 Å². The van der Waals surface area contributed by atoms with Crippen molar-refractivity contribution < 1.29 is 9.53 Å². The standard InChI is InChI=1S/C25H32N4O2/c1-16-9-17(2)12-24(11-16)13-20-4-3-19(14-26)10-21(20)25(24)22(30)29(23(27)28-25)15-18-5-7-31-8-6-18/h3-4,10,16-18H,5-9,11-13,15H2,1-2H3,(H2,27,28). The van der Waals surface area contributed by atoms with E-state index in [2.05, 4.69) is 19.9 Å². The Balaban J connectivity index is 1.61. The van der Waals surface area contributed by atoms with E-state index in [4.69, 9.17) is 15.5 Å². The van der Waals surface area contributed by atoms with Crippen LogP contribution in [0.5, 0.6) is 0 Å². The molecule has 4 aliphatic rings. The number of benzene rings is 1. The van der Waals surface area contributed by atoms with Crippen molar-refractivity contribution >= 4 is 11.9 Å². The van der Waals surface area contributed by atoms with Gasteiger partial charge in [0.25, 0.3) is 5.91 Å².